The quantitative estimate of drug-likeness (QED) is 0.817. The molecule has 0 aromatic carbocycles. The maximum atomic E-state index is 12.6. The number of likely N-dealkylation sites (tertiary alicyclic amines) is 1. The summed E-state index contributed by atoms with van der Waals surface area (Å²) in [7, 11) is 0. The van der Waals surface area contributed by atoms with Crippen LogP contribution in [0.2, 0.25) is 0 Å². The first-order chi connectivity index (χ1) is 7.30. The SMILES string of the molecule is CC(N)C(C)CN1CCCC(C(F)(F)F)C1. The van der Waals surface area contributed by atoms with Crippen LogP contribution in [0.15, 0.2) is 0 Å². The minimum absolute atomic E-state index is 0.0336. The van der Waals surface area contributed by atoms with E-state index in [9.17, 15) is 13.2 Å². The minimum Gasteiger partial charge on any atom is -0.328 e. The van der Waals surface area contributed by atoms with E-state index in [0.29, 0.717) is 13.0 Å². The Kier molecular flexibility index (Phi) is 4.62. The summed E-state index contributed by atoms with van der Waals surface area (Å²) in [6, 6.07) is 0.0336. The molecule has 0 aliphatic carbocycles. The van der Waals surface area contributed by atoms with E-state index < -0.39 is 12.1 Å². The molecule has 0 radical (unpaired) electrons. The smallest absolute Gasteiger partial charge is 0.328 e. The van der Waals surface area contributed by atoms with Crippen LogP contribution in [-0.2, 0) is 0 Å². The molecule has 16 heavy (non-hydrogen) atoms. The summed E-state index contributed by atoms with van der Waals surface area (Å²) in [4.78, 5) is 1.90. The molecule has 1 saturated heterocycles. The molecule has 0 aromatic rings. The van der Waals surface area contributed by atoms with Gasteiger partial charge in [0.25, 0.3) is 0 Å². The highest BCUT2D eigenvalue weighted by Crippen LogP contribution is 2.33. The largest absolute Gasteiger partial charge is 0.393 e. The molecule has 0 amide bonds. The van der Waals surface area contributed by atoms with E-state index in [2.05, 4.69) is 0 Å². The maximum absolute atomic E-state index is 12.6. The van der Waals surface area contributed by atoms with Crippen molar-refractivity contribution in [2.75, 3.05) is 19.6 Å². The molecular formula is C11H21F3N2. The van der Waals surface area contributed by atoms with E-state index in [1.54, 1.807) is 0 Å². The second kappa shape index (κ2) is 5.36. The molecular weight excluding hydrogens is 217 g/mol. The Balaban J connectivity index is 2.45. The summed E-state index contributed by atoms with van der Waals surface area (Å²) in [5, 5.41) is 0. The zero-order valence-electron chi connectivity index (χ0n) is 9.93. The molecule has 96 valence electrons. The van der Waals surface area contributed by atoms with Crippen LogP contribution < -0.4 is 5.73 Å². The summed E-state index contributed by atoms with van der Waals surface area (Å²) in [6.07, 6.45) is -3.14. The molecule has 1 aliphatic rings. The summed E-state index contributed by atoms with van der Waals surface area (Å²) in [6.45, 7) is 5.46. The van der Waals surface area contributed by atoms with Crippen molar-refractivity contribution in [1.82, 2.24) is 4.90 Å². The molecule has 5 heteroatoms. The number of halogens is 3. The van der Waals surface area contributed by atoms with E-state index in [1.165, 1.54) is 0 Å². The van der Waals surface area contributed by atoms with Gasteiger partial charge in [0.05, 0.1) is 5.92 Å². The number of alkyl halides is 3. The van der Waals surface area contributed by atoms with Crippen molar-refractivity contribution in [2.45, 2.75) is 38.9 Å². The monoisotopic (exact) mass is 238 g/mol. The Bertz CT molecular complexity index is 216. The molecule has 0 spiro atoms. The third-order valence-corrected chi connectivity index (χ3v) is 3.41. The minimum atomic E-state index is -4.05. The van der Waals surface area contributed by atoms with Gasteiger partial charge in [-0.2, -0.15) is 13.2 Å². The molecule has 0 bridgehead atoms. The first-order valence-electron chi connectivity index (χ1n) is 5.85. The highest BCUT2D eigenvalue weighted by molar-refractivity contribution is 4.80. The number of nitrogens with zero attached hydrogens (tertiary/aromatic N) is 1. The van der Waals surface area contributed by atoms with Crippen molar-refractivity contribution < 1.29 is 13.2 Å². The summed E-state index contributed by atoms with van der Waals surface area (Å²) in [5.41, 5.74) is 5.72. The average Bonchev–Trinajstić information content (AvgIpc) is 2.16. The number of nitrogens with two attached hydrogens (primary N) is 1. The van der Waals surface area contributed by atoms with Crippen molar-refractivity contribution in [3.8, 4) is 0 Å². The first kappa shape index (κ1) is 13.8. The van der Waals surface area contributed by atoms with Gasteiger partial charge in [0, 0.05) is 19.1 Å². The maximum Gasteiger partial charge on any atom is 0.393 e. The molecule has 1 rings (SSSR count). The van der Waals surface area contributed by atoms with Crippen LogP contribution in [0.4, 0.5) is 13.2 Å². The lowest BCUT2D eigenvalue weighted by Crippen LogP contribution is -2.45. The topological polar surface area (TPSA) is 29.3 Å². The van der Waals surface area contributed by atoms with E-state index in [-0.39, 0.29) is 24.9 Å². The Morgan fingerprint density at radius 2 is 2.00 bits per heavy atom. The molecule has 2 N–H and O–H groups in total. The highest BCUT2D eigenvalue weighted by atomic mass is 19.4. The van der Waals surface area contributed by atoms with Crippen molar-refractivity contribution in [3.63, 3.8) is 0 Å². The average molecular weight is 238 g/mol. The summed E-state index contributed by atoms with van der Waals surface area (Å²) >= 11 is 0. The van der Waals surface area contributed by atoms with Crippen LogP contribution in [0.25, 0.3) is 0 Å². The van der Waals surface area contributed by atoms with Gasteiger partial charge in [-0.15, -0.1) is 0 Å². The fourth-order valence-electron chi connectivity index (χ4n) is 2.06. The molecule has 1 heterocycles. The van der Waals surface area contributed by atoms with Crippen molar-refractivity contribution >= 4 is 0 Å². The predicted molar refractivity (Wildman–Crippen MR) is 58.0 cm³/mol. The molecule has 1 aliphatic heterocycles. The third-order valence-electron chi connectivity index (χ3n) is 3.41. The number of rotatable bonds is 3. The van der Waals surface area contributed by atoms with E-state index in [0.717, 1.165) is 6.54 Å². The Labute approximate surface area is 95.0 Å². The van der Waals surface area contributed by atoms with Gasteiger partial charge < -0.3 is 10.6 Å². The fraction of sp³-hybridized carbons (Fsp3) is 1.00. The van der Waals surface area contributed by atoms with Crippen LogP contribution in [0, 0.1) is 11.8 Å². The zero-order valence-corrected chi connectivity index (χ0v) is 9.93. The lowest BCUT2D eigenvalue weighted by molar-refractivity contribution is -0.187. The van der Waals surface area contributed by atoms with Gasteiger partial charge in [0.2, 0.25) is 0 Å². The summed E-state index contributed by atoms with van der Waals surface area (Å²) < 4.78 is 37.7. The van der Waals surface area contributed by atoms with Gasteiger partial charge in [-0.1, -0.05) is 6.92 Å². The number of hydrogen-bond acceptors (Lipinski definition) is 2. The van der Waals surface area contributed by atoms with Crippen molar-refractivity contribution in [2.24, 2.45) is 17.6 Å². The Hall–Kier alpha value is -0.290. The van der Waals surface area contributed by atoms with Crippen LogP contribution in [0.1, 0.15) is 26.7 Å². The van der Waals surface area contributed by atoms with E-state index >= 15 is 0 Å². The van der Waals surface area contributed by atoms with Crippen LogP contribution >= 0.6 is 0 Å². The second-order valence-corrected chi connectivity index (χ2v) is 4.98. The zero-order chi connectivity index (χ0) is 12.3. The molecule has 0 aromatic heterocycles. The molecule has 3 unspecified atom stereocenters. The van der Waals surface area contributed by atoms with Gasteiger partial charge >= 0.3 is 6.18 Å². The lowest BCUT2D eigenvalue weighted by atomic mass is 9.95. The Morgan fingerprint density at radius 1 is 1.38 bits per heavy atom. The van der Waals surface area contributed by atoms with Crippen molar-refractivity contribution in [1.29, 1.82) is 0 Å². The van der Waals surface area contributed by atoms with Gasteiger partial charge in [-0.25, -0.2) is 0 Å². The number of hydrogen-bond donors (Lipinski definition) is 1. The van der Waals surface area contributed by atoms with Gasteiger partial charge in [-0.3, -0.25) is 0 Å². The van der Waals surface area contributed by atoms with Gasteiger partial charge in [-0.05, 0) is 32.2 Å². The van der Waals surface area contributed by atoms with E-state index in [4.69, 9.17) is 5.73 Å². The van der Waals surface area contributed by atoms with E-state index in [1.807, 2.05) is 18.7 Å². The van der Waals surface area contributed by atoms with Gasteiger partial charge in [0.15, 0.2) is 0 Å². The van der Waals surface area contributed by atoms with Crippen LogP contribution in [0.5, 0.6) is 0 Å². The second-order valence-electron chi connectivity index (χ2n) is 4.98. The predicted octanol–water partition coefficient (Wildman–Crippen LogP) is 2.24. The molecule has 2 nitrogen and oxygen atoms in total. The third kappa shape index (κ3) is 3.94. The fourth-order valence-corrected chi connectivity index (χ4v) is 2.06. The van der Waals surface area contributed by atoms with Crippen LogP contribution in [0.3, 0.4) is 0 Å². The molecule has 3 atom stereocenters. The normalized spacial score (nSPS) is 27.8. The van der Waals surface area contributed by atoms with Gasteiger partial charge in [0.1, 0.15) is 0 Å². The molecule has 0 saturated carbocycles. The summed E-state index contributed by atoms with van der Waals surface area (Å²) in [5.74, 6) is -0.909. The standard InChI is InChI=1S/C11H21F3N2/c1-8(9(2)15)6-16-5-3-4-10(7-16)11(12,13)14/h8-10H,3-7,15H2,1-2H3. The van der Waals surface area contributed by atoms with Crippen LogP contribution in [-0.4, -0.2) is 36.8 Å². The first-order valence-corrected chi connectivity index (χ1v) is 5.85. The number of piperidine rings is 1. The van der Waals surface area contributed by atoms with Crippen molar-refractivity contribution in [3.05, 3.63) is 0 Å². The lowest BCUT2D eigenvalue weighted by Gasteiger charge is -2.35. The highest BCUT2D eigenvalue weighted by Gasteiger charge is 2.41. The Morgan fingerprint density at radius 3 is 2.50 bits per heavy atom. The molecule has 1 fully saturated rings.